The summed E-state index contributed by atoms with van der Waals surface area (Å²) in [5.74, 6) is 0. The highest BCUT2D eigenvalue weighted by Crippen LogP contribution is 2.20. The first-order chi connectivity index (χ1) is 7.61. The molecule has 0 radical (unpaired) electrons. The van der Waals surface area contributed by atoms with Crippen LogP contribution in [-0.2, 0) is 6.42 Å². The Kier molecular flexibility index (Phi) is 2.92. The molecule has 0 saturated heterocycles. The smallest absolute Gasteiger partial charge is 0.0705 e. The van der Waals surface area contributed by atoms with Gasteiger partial charge in [0.1, 0.15) is 0 Å². The number of rotatable bonds is 3. The summed E-state index contributed by atoms with van der Waals surface area (Å²) >= 11 is 0. The molecule has 0 bridgehead atoms. The van der Waals surface area contributed by atoms with E-state index in [4.69, 9.17) is 5.73 Å². The van der Waals surface area contributed by atoms with Crippen LogP contribution in [0.25, 0.3) is 10.9 Å². The Morgan fingerprint density at radius 1 is 1.12 bits per heavy atom. The third-order valence-electron chi connectivity index (χ3n) is 2.87. The third kappa shape index (κ3) is 2.39. The van der Waals surface area contributed by atoms with Crippen LogP contribution in [0.15, 0.2) is 36.4 Å². The van der Waals surface area contributed by atoms with E-state index >= 15 is 0 Å². The number of aromatic nitrogens is 1. The van der Waals surface area contributed by atoms with Gasteiger partial charge in [0.05, 0.1) is 5.52 Å². The molecule has 0 aliphatic carbocycles. The van der Waals surface area contributed by atoms with E-state index in [-0.39, 0.29) is 5.41 Å². The molecule has 0 saturated carbocycles. The Hall–Kier alpha value is -1.41. The predicted octanol–water partition coefficient (Wildman–Crippen LogP) is 2.76. The van der Waals surface area contributed by atoms with E-state index < -0.39 is 0 Å². The lowest BCUT2D eigenvalue weighted by molar-refractivity contribution is 0.373. The zero-order chi connectivity index (χ0) is 11.6. The monoisotopic (exact) mass is 214 g/mol. The van der Waals surface area contributed by atoms with Gasteiger partial charge in [-0.05, 0) is 30.5 Å². The summed E-state index contributed by atoms with van der Waals surface area (Å²) in [5, 5.41) is 1.19. The Morgan fingerprint density at radius 2 is 1.88 bits per heavy atom. The summed E-state index contributed by atoms with van der Waals surface area (Å²) in [6.45, 7) is 5.02. The number of para-hydroxylation sites is 1. The molecule has 2 aromatic rings. The summed E-state index contributed by atoms with van der Waals surface area (Å²) in [7, 11) is 0. The molecule has 2 heteroatoms. The SMILES string of the molecule is CC(C)(CN)Cc1ccc2ccccc2n1. The van der Waals surface area contributed by atoms with E-state index in [0.717, 1.165) is 17.6 Å². The lowest BCUT2D eigenvalue weighted by atomic mass is 9.88. The van der Waals surface area contributed by atoms with Gasteiger partial charge in [-0.15, -0.1) is 0 Å². The van der Waals surface area contributed by atoms with Crippen molar-refractivity contribution in [3.8, 4) is 0 Å². The molecule has 2 N–H and O–H groups in total. The van der Waals surface area contributed by atoms with Gasteiger partial charge in [0.2, 0.25) is 0 Å². The highest BCUT2D eigenvalue weighted by Gasteiger charge is 2.16. The standard InChI is InChI=1S/C14H18N2/c1-14(2,10-15)9-12-8-7-11-5-3-4-6-13(11)16-12/h3-8H,9-10,15H2,1-2H3. The van der Waals surface area contributed by atoms with Crippen LogP contribution in [0.1, 0.15) is 19.5 Å². The minimum atomic E-state index is 0.120. The maximum Gasteiger partial charge on any atom is 0.0705 e. The van der Waals surface area contributed by atoms with Crippen molar-refractivity contribution in [2.75, 3.05) is 6.54 Å². The van der Waals surface area contributed by atoms with Crippen LogP contribution in [0.5, 0.6) is 0 Å². The summed E-state index contributed by atoms with van der Waals surface area (Å²) in [6, 6.07) is 12.4. The van der Waals surface area contributed by atoms with Crippen LogP contribution in [0.4, 0.5) is 0 Å². The number of pyridine rings is 1. The topological polar surface area (TPSA) is 38.9 Å². The Morgan fingerprint density at radius 3 is 2.62 bits per heavy atom. The van der Waals surface area contributed by atoms with Crippen LogP contribution in [0.3, 0.4) is 0 Å². The number of fused-ring (bicyclic) bond motifs is 1. The number of hydrogen-bond acceptors (Lipinski definition) is 2. The number of nitrogens with zero attached hydrogens (tertiary/aromatic N) is 1. The maximum atomic E-state index is 5.74. The van der Waals surface area contributed by atoms with E-state index in [2.05, 4.69) is 37.0 Å². The largest absolute Gasteiger partial charge is 0.330 e. The van der Waals surface area contributed by atoms with Gasteiger partial charge in [-0.25, -0.2) is 0 Å². The second kappa shape index (κ2) is 4.22. The van der Waals surface area contributed by atoms with Crippen molar-refractivity contribution >= 4 is 10.9 Å². The fourth-order valence-corrected chi connectivity index (χ4v) is 1.77. The van der Waals surface area contributed by atoms with Gasteiger partial charge in [0, 0.05) is 11.1 Å². The summed E-state index contributed by atoms with van der Waals surface area (Å²) in [4.78, 5) is 4.65. The molecule has 0 aliphatic rings. The van der Waals surface area contributed by atoms with Crippen molar-refractivity contribution in [3.05, 3.63) is 42.1 Å². The first-order valence-electron chi connectivity index (χ1n) is 5.65. The molecule has 84 valence electrons. The molecule has 0 spiro atoms. The fourth-order valence-electron chi connectivity index (χ4n) is 1.77. The van der Waals surface area contributed by atoms with Gasteiger partial charge in [0.15, 0.2) is 0 Å². The molecule has 0 amide bonds. The van der Waals surface area contributed by atoms with Crippen molar-refractivity contribution in [3.63, 3.8) is 0 Å². The lowest BCUT2D eigenvalue weighted by Gasteiger charge is -2.21. The normalized spacial score (nSPS) is 11.9. The molecule has 2 rings (SSSR count). The summed E-state index contributed by atoms with van der Waals surface area (Å²) in [5.41, 5.74) is 8.04. The minimum Gasteiger partial charge on any atom is -0.330 e. The van der Waals surface area contributed by atoms with Crippen molar-refractivity contribution in [2.45, 2.75) is 20.3 Å². The first kappa shape index (κ1) is 11.1. The molecule has 0 aliphatic heterocycles. The maximum absolute atomic E-state index is 5.74. The van der Waals surface area contributed by atoms with Crippen LogP contribution in [-0.4, -0.2) is 11.5 Å². The van der Waals surface area contributed by atoms with Crippen molar-refractivity contribution in [2.24, 2.45) is 11.1 Å². The predicted molar refractivity (Wildman–Crippen MR) is 68.3 cm³/mol. The van der Waals surface area contributed by atoms with Gasteiger partial charge in [0.25, 0.3) is 0 Å². The molecule has 1 aromatic carbocycles. The zero-order valence-corrected chi connectivity index (χ0v) is 9.90. The average Bonchev–Trinajstić information content (AvgIpc) is 2.28. The fraction of sp³-hybridized carbons (Fsp3) is 0.357. The van der Waals surface area contributed by atoms with Gasteiger partial charge in [-0.1, -0.05) is 38.1 Å². The molecule has 16 heavy (non-hydrogen) atoms. The first-order valence-corrected chi connectivity index (χ1v) is 5.65. The molecule has 2 nitrogen and oxygen atoms in total. The Bertz CT molecular complexity index is 489. The molecule has 0 unspecified atom stereocenters. The number of nitrogens with two attached hydrogens (primary N) is 1. The van der Waals surface area contributed by atoms with Gasteiger partial charge in [-0.2, -0.15) is 0 Å². The van der Waals surface area contributed by atoms with Crippen LogP contribution < -0.4 is 5.73 Å². The zero-order valence-electron chi connectivity index (χ0n) is 9.90. The highest BCUT2D eigenvalue weighted by molar-refractivity contribution is 5.78. The summed E-state index contributed by atoms with van der Waals surface area (Å²) < 4.78 is 0. The van der Waals surface area contributed by atoms with Gasteiger partial charge >= 0.3 is 0 Å². The van der Waals surface area contributed by atoms with E-state index in [9.17, 15) is 0 Å². The molecule has 1 heterocycles. The van der Waals surface area contributed by atoms with Crippen molar-refractivity contribution in [1.29, 1.82) is 0 Å². The third-order valence-corrected chi connectivity index (χ3v) is 2.87. The minimum absolute atomic E-state index is 0.120. The van der Waals surface area contributed by atoms with E-state index in [1.807, 2.05) is 18.2 Å². The van der Waals surface area contributed by atoms with E-state index in [1.165, 1.54) is 5.39 Å². The van der Waals surface area contributed by atoms with E-state index in [0.29, 0.717) is 6.54 Å². The lowest BCUT2D eigenvalue weighted by Crippen LogP contribution is -2.26. The second-order valence-electron chi connectivity index (χ2n) is 5.04. The second-order valence-corrected chi connectivity index (χ2v) is 5.04. The molecule has 1 aromatic heterocycles. The van der Waals surface area contributed by atoms with Crippen molar-refractivity contribution < 1.29 is 0 Å². The number of benzene rings is 1. The summed E-state index contributed by atoms with van der Waals surface area (Å²) in [6.07, 6.45) is 0.925. The molecular formula is C14H18N2. The van der Waals surface area contributed by atoms with Crippen LogP contribution >= 0.6 is 0 Å². The van der Waals surface area contributed by atoms with Gasteiger partial charge in [-0.3, -0.25) is 4.98 Å². The quantitative estimate of drug-likeness (QED) is 0.853. The van der Waals surface area contributed by atoms with Crippen LogP contribution in [0, 0.1) is 5.41 Å². The van der Waals surface area contributed by atoms with Crippen LogP contribution in [0.2, 0.25) is 0 Å². The van der Waals surface area contributed by atoms with Crippen molar-refractivity contribution in [1.82, 2.24) is 4.98 Å². The molecule has 0 atom stereocenters. The average molecular weight is 214 g/mol. The number of hydrogen-bond donors (Lipinski definition) is 1. The molecule has 0 fully saturated rings. The molecular weight excluding hydrogens is 196 g/mol. The Balaban J connectivity index is 2.33. The highest BCUT2D eigenvalue weighted by atomic mass is 14.7. The van der Waals surface area contributed by atoms with Gasteiger partial charge < -0.3 is 5.73 Å². The Labute approximate surface area is 96.5 Å². The van der Waals surface area contributed by atoms with E-state index in [1.54, 1.807) is 0 Å².